The van der Waals surface area contributed by atoms with Crippen molar-refractivity contribution in [2.75, 3.05) is 0 Å². The first-order chi connectivity index (χ1) is 5.86. The molecule has 0 aromatic carbocycles. The second-order valence-electron chi connectivity index (χ2n) is 2.18. The summed E-state index contributed by atoms with van der Waals surface area (Å²) in [5.74, 6) is 0. The van der Waals surface area contributed by atoms with E-state index in [9.17, 15) is 0 Å². The minimum absolute atomic E-state index is 0.672. The van der Waals surface area contributed by atoms with Crippen molar-refractivity contribution >= 4 is 11.2 Å². The molecule has 2 aromatic rings. The molecule has 2 heterocycles. The number of pyridine rings is 1. The zero-order chi connectivity index (χ0) is 8.97. The SMILES string of the molecule is CC.Cc1cnc2n[nH]nc2c1. The standard InChI is InChI=1S/C6H6N4.C2H6/c1-4-2-5-6(7-3-4)9-10-8-5;1-2/h2-3H,1H3,(H,7,8,9,10);1-2H3. The first-order valence-corrected chi connectivity index (χ1v) is 3.99. The van der Waals surface area contributed by atoms with E-state index < -0.39 is 0 Å². The van der Waals surface area contributed by atoms with Crippen molar-refractivity contribution in [3.8, 4) is 0 Å². The van der Waals surface area contributed by atoms with Gasteiger partial charge >= 0.3 is 0 Å². The predicted octanol–water partition coefficient (Wildman–Crippen LogP) is 1.69. The van der Waals surface area contributed by atoms with Crippen molar-refractivity contribution in [1.82, 2.24) is 20.4 Å². The molecule has 4 heteroatoms. The fraction of sp³-hybridized carbons (Fsp3) is 0.375. The molecule has 0 saturated heterocycles. The number of nitrogens with zero attached hydrogens (tertiary/aromatic N) is 3. The van der Waals surface area contributed by atoms with Gasteiger partial charge in [0.05, 0.1) is 0 Å². The van der Waals surface area contributed by atoms with Gasteiger partial charge in [-0.1, -0.05) is 13.8 Å². The Morgan fingerprint density at radius 2 is 2.00 bits per heavy atom. The molecule has 0 spiro atoms. The van der Waals surface area contributed by atoms with E-state index in [1.165, 1.54) is 0 Å². The second kappa shape index (κ2) is 3.80. The molecule has 1 N–H and O–H groups in total. The molecule has 12 heavy (non-hydrogen) atoms. The highest BCUT2D eigenvalue weighted by atomic mass is 15.3. The Morgan fingerprint density at radius 1 is 1.25 bits per heavy atom. The van der Waals surface area contributed by atoms with Crippen LogP contribution in [0.2, 0.25) is 0 Å². The first-order valence-electron chi connectivity index (χ1n) is 3.99. The smallest absolute Gasteiger partial charge is 0.201 e. The van der Waals surface area contributed by atoms with Gasteiger partial charge in [0, 0.05) is 6.20 Å². The number of hydrogen-bond donors (Lipinski definition) is 1. The summed E-state index contributed by atoms with van der Waals surface area (Å²) in [5.41, 5.74) is 2.59. The summed E-state index contributed by atoms with van der Waals surface area (Å²) < 4.78 is 0. The van der Waals surface area contributed by atoms with Crippen molar-refractivity contribution in [1.29, 1.82) is 0 Å². The van der Waals surface area contributed by atoms with E-state index in [1.807, 2.05) is 26.8 Å². The lowest BCUT2D eigenvalue weighted by Gasteiger charge is -1.86. The Labute approximate surface area is 71.0 Å². The summed E-state index contributed by atoms with van der Waals surface area (Å²) in [4.78, 5) is 4.04. The van der Waals surface area contributed by atoms with Gasteiger partial charge in [-0.05, 0) is 18.6 Å². The Bertz CT molecular complexity index is 353. The lowest BCUT2D eigenvalue weighted by molar-refractivity contribution is 0.954. The number of nitrogens with one attached hydrogen (secondary N) is 1. The van der Waals surface area contributed by atoms with Crippen LogP contribution in [0.4, 0.5) is 0 Å². The number of hydrogen-bond acceptors (Lipinski definition) is 3. The fourth-order valence-electron chi connectivity index (χ4n) is 0.841. The van der Waals surface area contributed by atoms with Crippen LogP contribution in [0.15, 0.2) is 12.3 Å². The van der Waals surface area contributed by atoms with Crippen LogP contribution in [0.5, 0.6) is 0 Å². The number of aromatic nitrogens is 4. The Kier molecular flexibility index (Phi) is 2.74. The van der Waals surface area contributed by atoms with E-state index in [0.717, 1.165) is 11.1 Å². The van der Waals surface area contributed by atoms with Crippen LogP contribution >= 0.6 is 0 Å². The van der Waals surface area contributed by atoms with E-state index in [0.29, 0.717) is 5.65 Å². The predicted molar refractivity (Wildman–Crippen MR) is 47.8 cm³/mol. The Hall–Kier alpha value is -1.45. The maximum absolute atomic E-state index is 4.04. The van der Waals surface area contributed by atoms with Gasteiger partial charge in [0.2, 0.25) is 5.65 Å². The molecule has 0 bridgehead atoms. The number of H-pyrrole nitrogens is 1. The molecule has 0 aliphatic carbocycles. The van der Waals surface area contributed by atoms with Gasteiger partial charge in [0.15, 0.2) is 0 Å². The zero-order valence-electron chi connectivity index (χ0n) is 7.50. The van der Waals surface area contributed by atoms with Crippen molar-refractivity contribution in [2.24, 2.45) is 0 Å². The lowest BCUT2D eigenvalue weighted by atomic mass is 10.3. The summed E-state index contributed by atoms with van der Waals surface area (Å²) in [6.45, 7) is 5.97. The summed E-state index contributed by atoms with van der Waals surface area (Å²) in [6, 6.07) is 1.94. The van der Waals surface area contributed by atoms with E-state index in [-0.39, 0.29) is 0 Å². The largest absolute Gasteiger partial charge is 0.233 e. The average Bonchev–Trinajstić information content (AvgIpc) is 2.54. The molecule has 0 radical (unpaired) electrons. The molecule has 0 unspecified atom stereocenters. The van der Waals surface area contributed by atoms with Crippen LogP contribution in [0, 0.1) is 6.92 Å². The van der Waals surface area contributed by atoms with E-state index >= 15 is 0 Å². The summed E-state index contributed by atoms with van der Waals surface area (Å²) >= 11 is 0. The molecular weight excluding hydrogens is 152 g/mol. The van der Waals surface area contributed by atoms with Gasteiger partial charge < -0.3 is 0 Å². The normalized spacial score (nSPS) is 9.25. The maximum Gasteiger partial charge on any atom is 0.201 e. The molecule has 4 nitrogen and oxygen atoms in total. The van der Waals surface area contributed by atoms with Gasteiger partial charge in [0.25, 0.3) is 0 Å². The van der Waals surface area contributed by atoms with Crippen LogP contribution < -0.4 is 0 Å². The minimum Gasteiger partial charge on any atom is -0.233 e. The molecule has 0 saturated carbocycles. The maximum atomic E-state index is 4.04. The fourth-order valence-corrected chi connectivity index (χ4v) is 0.841. The quantitative estimate of drug-likeness (QED) is 0.644. The van der Waals surface area contributed by atoms with Gasteiger partial charge in [-0.25, -0.2) is 4.98 Å². The van der Waals surface area contributed by atoms with Gasteiger partial charge in [-0.15, -0.1) is 5.10 Å². The van der Waals surface area contributed by atoms with E-state index in [1.54, 1.807) is 6.20 Å². The molecule has 0 amide bonds. The van der Waals surface area contributed by atoms with Crippen molar-refractivity contribution in [3.05, 3.63) is 17.8 Å². The monoisotopic (exact) mass is 164 g/mol. The molecule has 64 valence electrons. The minimum atomic E-state index is 0.672. The highest BCUT2D eigenvalue weighted by Gasteiger charge is 1.96. The van der Waals surface area contributed by atoms with Crippen LogP contribution in [0.1, 0.15) is 19.4 Å². The van der Waals surface area contributed by atoms with Crippen molar-refractivity contribution in [3.63, 3.8) is 0 Å². The second-order valence-corrected chi connectivity index (χ2v) is 2.18. The third kappa shape index (κ3) is 1.58. The Balaban J connectivity index is 0.000000336. The number of aromatic amines is 1. The summed E-state index contributed by atoms with van der Waals surface area (Å²) in [5, 5.41) is 10.2. The van der Waals surface area contributed by atoms with Crippen LogP contribution in [-0.4, -0.2) is 20.4 Å². The first kappa shape index (κ1) is 8.64. The van der Waals surface area contributed by atoms with Crippen molar-refractivity contribution < 1.29 is 0 Å². The Morgan fingerprint density at radius 3 is 2.75 bits per heavy atom. The van der Waals surface area contributed by atoms with Crippen molar-refractivity contribution in [2.45, 2.75) is 20.8 Å². The van der Waals surface area contributed by atoms with Gasteiger partial charge in [-0.2, -0.15) is 10.3 Å². The lowest BCUT2D eigenvalue weighted by Crippen LogP contribution is -1.77. The van der Waals surface area contributed by atoms with Crippen LogP contribution in [0.25, 0.3) is 11.2 Å². The molecule has 0 atom stereocenters. The number of fused-ring (bicyclic) bond motifs is 1. The number of rotatable bonds is 0. The highest BCUT2D eigenvalue weighted by molar-refractivity contribution is 5.68. The molecule has 2 aromatic heterocycles. The van der Waals surface area contributed by atoms with Crippen LogP contribution in [-0.2, 0) is 0 Å². The molecule has 2 rings (SSSR count). The topological polar surface area (TPSA) is 54.5 Å². The third-order valence-electron chi connectivity index (χ3n) is 1.31. The summed E-state index contributed by atoms with van der Waals surface area (Å²) in [6.07, 6.45) is 1.77. The van der Waals surface area contributed by atoms with Crippen LogP contribution in [0.3, 0.4) is 0 Å². The molecule has 0 aliphatic heterocycles. The zero-order valence-corrected chi connectivity index (χ0v) is 7.50. The molecular formula is C8H12N4. The molecule has 0 fully saturated rings. The number of aryl methyl sites for hydroxylation is 1. The van der Waals surface area contributed by atoms with E-state index in [4.69, 9.17) is 0 Å². The van der Waals surface area contributed by atoms with Gasteiger partial charge in [0.1, 0.15) is 5.52 Å². The third-order valence-corrected chi connectivity index (χ3v) is 1.31. The molecule has 0 aliphatic rings. The summed E-state index contributed by atoms with van der Waals surface area (Å²) in [7, 11) is 0. The van der Waals surface area contributed by atoms with E-state index in [2.05, 4.69) is 20.4 Å². The van der Waals surface area contributed by atoms with Gasteiger partial charge in [-0.3, -0.25) is 0 Å². The average molecular weight is 164 g/mol. The highest BCUT2D eigenvalue weighted by Crippen LogP contribution is 2.04.